The number of aldehydes is 1. The average molecular weight is 235 g/mol. The first-order valence-corrected chi connectivity index (χ1v) is 6.65. The number of hydrogen-bond acceptors (Lipinski definition) is 3. The zero-order valence-electron chi connectivity index (χ0n) is 10.2. The Hall–Kier alpha value is -0.510. The lowest BCUT2D eigenvalue weighted by Gasteiger charge is -1.95. The monoisotopic (exact) mass is 235 g/mol. The predicted molar refractivity (Wildman–Crippen MR) is 69.1 cm³/mol. The molecule has 0 aromatic heterocycles. The topological polar surface area (TPSA) is 60.2 Å². The minimum atomic E-state index is 0.250. The van der Waals surface area contributed by atoms with E-state index in [0.29, 0.717) is 0 Å². The van der Waals surface area contributed by atoms with E-state index in [9.17, 15) is 4.79 Å². The Morgan fingerprint density at radius 1 is 1.13 bits per heavy atom. The molecule has 0 saturated heterocycles. The standard InChI is InChI=1S/C8H16OS.C2H6.CH3NO/c1-2-10-8-6-4-3-5-7-9;1-2;2-1-3/h7H,2-6,8H2,1H3;1-2H3;1H,(H2,2,3). The predicted octanol–water partition coefficient (Wildman–Crippen LogP) is 2.63. The van der Waals surface area contributed by atoms with Gasteiger partial charge in [0.05, 0.1) is 0 Å². The smallest absolute Gasteiger partial charge is 0.204 e. The van der Waals surface area contributed by atoms with Crippen LogP contribution in [-0.2, 0) is 9.59 Å². The molecule has 0 atom stereocenters. The van der Waals surface area contributed by atoms with Crippen LogP contribution in [0.3, 0.4) is 0 Å². The van der Waals surface area contributed by atoms with Crippen LogP contribution in [0.1, 0.15) is 46.5 Å². The van der Waals surface area contributed by atoms with E-state index in [1.807, 2.05) is 25.6 Å². The Morgan fingerprint density at radius 3 is 2.07 bits per heavy atom. The van der Waals surface area contributed by atoms with Crippen LogP contribution in [0.15, 0.2) is 0 Å². The largest absolute Gasteiger partial charge is 0.372 e. The highest BCUT2D eigenvalue weighted by Crippen LogP contribution is 2.05. The Kier molecular flexibility index (Phi) is 38.9. The van der Waals surface area contributed by atoms with Crippen molar-refractivity contribution in [2.45, 2.75) is 46.5 Å². The number of primary amides is 1. The van der Waals surface area contributed by atoms with E-state index >= 15 is 0 Å². The maximum Gasteiger partial charge on any atom is 0.204 e. The fourth-order valence-corrected chi connectivity index (χ4v) is 1.45. The SMILES string of the molecule is CC.CCSCCCCCC=O.NC=O. The summed E-state index contributed by atoms with van der Waals surface area (Å²) in [5.41, 5.74) is 4.17. The molecule has 0 aliphatic carbocycles. The van der Waals surface area contributed by atoms with Gasteiger partial charge in [-0.3, -0.25) is 4.79 Å². The molecule has 0 heterocycles. The number of rotatable bonds is 7. The first-order valence-electron chi connectivity index (χ1n) is 5.50. The highest BCUT2D eigenvalue weighted by atomic mass is 32.2. The van der Waals surface area contributed by atoms with Gasteiger partial charge in [-0.05, 0) is 24.3 Å². The number of carbonyl (C=O) groups is 2. The van der Waals surface area contributed by atoms with Crippen molar-refractivity contribution in [3.05, 3.63) is 0 Å². The summed E-state index contributed by atoms with van der Waals surface area (Å²) in [6.45, 7) is 6.18. The van der Waals surface area contributed by atoms with E-state index in [1.54, 1.807) is 0 Å². The van der Waals surface area contributed by atoms with E-state index in [-0.39, 0.29) is 6.41 Å². The van der Waals surface area contributed by atoms with Crippen LogP contribution in [-0.4, -0.2) is 24.2 Å². The summed E-state index contributed by atoms with van der Waals surface area (Å²) >= 11 is 1.98. The number of hydrogen-bond donors (Lipinski definition) is 1. The zero-order valence-corrected chi connectivity index (χ0v) is 11.0. The van der Waals surface area contributed by atoms with Gasteiger partial charge in [-0.2, -0.15) is 11.8 Å². The molecule has 4 heteroatoms. The van der Waals surface area contributed by atoms with Crippen LogP contribution in [0.5, 0.6) is 0 Å². The molecule has 0 bridgehead atoms. The molecule has 0 rings (SSSR count). The lowest BCUT2D eigenvalue weighted by atomic mass is 10.2. The fraction of sp³-hybridized carbons (Fsp3) is 0.818. The maximum atomic E-state index is 9.89. The molecular formula is C11H25NO2S. The Labute approximate surface area is 98.2 Å². The van der Waals surface area contributed by atoms with Gasteiger partial charge in [0.25, 0.3) is 0 Å². The molecule has 0 aliphatic heterocycles. The van der Waals surface area contributed by atoms with Crippen LogP contribution in [0.4, 0.5) is 0 Å². The summed E-state index contributed by atoms with van der Waals surface area (Å²) in [6, 6.07) is 0. The van der Waals surface area contributed by atoms with Crippen molar-refractivity contribution in [1.29, 1.82) is 0 Å². The summed E-state index contributed by atoms with van der Waals surface area (Å²) in [5.74, 6) is 2.48. The molecular weight excluding hydrogens is 210 g/mol. The van der Waals surface area contributed by atoms with Crippen molar-refractivity contribution in [3.63, 3.8) is 0 Å². The third-order valence-electron chi connectivity index (χ3n) is 1.31. The van der Waals surface area contributed by atoms with Crippen LogP contribution >= 0.6 is 11.8 Å². The van der Waals surface area contributed by atoms with Crippen molar-refractivity contribution in [1.82, 2.24) is 0 Å². The van der Waals surface area contributed by atoms with E-state index in [4.69, 9.17) is 4.79 Å². The first-order chi connectivity index (χ1) is 7.33. The third kappa shape index (κ3) is 42.3. The molecule has 0 saturated carbocycles. The molecule has 0 fully saturated rings. The number of carbonyl (C=O) groups excluding carboxylic acids is 2. The van der Waals surface area contributed by atoms with Crippen molar-refractivity contribution in [3.8, 4) is 0 Å². The minimum absolute atomic E-state index is 0.250. The lowest BCUT2D eigenvalue weighted by Crippen LogP contribution is -1.82. The van der Waals surface area contributed by atoms with E-state index < -0.39 is 0 Å². The third-order valence-corrected chi connectivity index (χ3v) is 2.30. The molecule has 0 spiro atoms. The second kappa shape index (κ2) is 29.2. The summed E-state index contributed by atoms with van der Waals surface area (Å²) in [5, 5.41) is 0. The van der Waals surface area contributed by atoms with Crippen molar-refractivity contribution in [2.75, 3.05) is 11.5 Å². The maximum absolute atomic E-state index is 9.89. The molecule has 0 radical (unpaired) electrons. The van der Waals surface area contributed by atoms with Gasteiger partial charge in [0.15, 0.2) is 0 Å². The summed E-state index contributed by atoms with van der Waals surface area (Å²) in [4.78, 5) is 18.5. The van der Waals surface area contributed by atoms with Crippen LogP contribution < -0.4 is 5.73 Å². The van der Waals surface area contributed by atoms with E-state index in [0.717, 1.165) is 19.1 Å². The normalized spacial score (nSPS) is 7.67. The van der Waals surface area contributed by atoms with Gasteiger partial charge in [0.2, 0.25) is 6.41 Å². The molecule has 0 unspecified atom stereocenters. The number of amides is 1. The lowest BCUT2D eigenvalue weighted by molar-refractivity contribution is -0.108. The Balaban J connectivity index is -0.000000245. The van der Waals surface area contributed by atoms with Gasteiger partial charge in [0, 0.05) is 6.42 Å². The molecule has 1 amide bonds. The van der Waals surface area contributed by atoms with Gasteiger partial charge in [-0.1, -0.05) is 27.2 Å². The van der Waals surface area contributed by atoms with Crippen LogP contribution in [0, 0.1) is 0 Å². The van der Waals surface area contributed by atoms with Crippen molar-refractivity contribution < 1.29 is 9.59 Å². The highest BCUT2D eigenvalue weighted by molar-refractivity contribution is 7.99. The highest BCUT2D eigenvalue weighted by Gasteiger charge is 1.87. The van der Waals surface area contributed by atoms with Gasteiger partial charge >= 0.3 is 0 Å². The van der Waals surface area contributed by atoms with Gasteiger partial charge in [0.1, 0.15) is 6.29 Å². The molecule has 0 aromatic carbocycles. The molecule has 0 aromatic rings. The van der Waals surface area contributed by atoms with Gasteiger partial charge < -0.3 is 10.5 Å². The molecule has 15 heavy (non-hydrogen) atoms. The Bertz CT molecular complexity index is 111. The van der Waals surface area contributed by atoms with Crippen molar-refractivity contribution >= 4 is 24.5 Å². The molecule has 3 nitrogen and oxygen atoms in total. The number of thioether (sulfide) groups is 1. The van der Waals surface area contributed by atoms with Crippen LogP contribution in [0.2, 0.25) is 0 Å². The second-order valence-electron chi connectivity index (χ2n) is 2.35. The average Bonchev–Trinajstić information content (AvgIpc) is 2.27. The number of nitrogens with two attached hydrogens (primary N) is 1. The quantitative estimate of drug-likeness (QED) is 0.545. The minimum Gasteiger partial charge on any atom is -0.372 e. The van der Waals surface area contributed by atoms with Crippen LogP contribution in [0.25, 0.3) is 0 Å². The summed E-state index contributed by atoms with van der Waals surface area (Å²) in [6.07, 6.45) is 5.57. The molecule has 92 valence electrons. The van der Waals surface area contributed by atoms with E-state index in [2.05, 4.69) is 12.7 Å². The van der Waals surface area contributed by atoms with Crippen molar-refractivity contribution in [2.24, 2.45) is 5.73 Å². The zero-order chi connectivity index (χ0) is 12.4. The van der Waals surface area contributed by atoms with E-state index in [1.165, 1.54) is 24.3 Å². The Morgan fingerprint density at radius 2 is 1.67 bits per heavy atom. The first kappa shape index (κ1) is 20.0. The fourth-order valence-electron chi connectivity index (χ4n) is 0.753. The summed E-state index contributed by atoms with van der Waals surface area (Å²) in [7, 11) is 0. The molecule has 0 aliphatic rings. The van der Waals surface area contributed by atoms with Gasteiger partial charge in [-0.15, -0.1) is 0 Å². The molecule has 2 N–H and O–H groups in total. The number of unbranched alkanes of at least 4 members (excludes halogenated alkanes) is 3. The summed E-state index contributed by atoms with van der Waals surface area (Å²) < 4.78 is 0. The van der Waals surface area contributed by atoms with Gasteiger partial charge in [-0.25, -0.2) is 0 Å². The second-order valence-corrected chi connectivity index (χ2v) is 3.74.